The molecule has 1 aliphatic rings. The van der Waals surface area contributed by atoms with Gasteiger partial charge in [0.25, 0.3) is 0 Å². The topological polar surface area (TPSA) is 75.9 Å². The van der Waals surface area contributed by atoms with Crippen LogP contribution in [0.4, 0.5) is 4.79 Å². The highest BCUT2D eigenvalue weighted by Crippen LogP contribution is 2.13. The highest BCUT2D eigenvalue weighted by atomic mass is 16.6. The van der Waals surface area contributed by atoms with E-state index in [0.717, 1.165) is 25.8 Å². The quantitative estimate of drug-likeness (QED) is 0.858. The molecule has 1 fully saturated rings. The molecule has 0 spiro atoms. The molecule has 6 heteroatoms. The molecule has 1 aliphatic heterocycles. The van der Waals surface area contributed by atoms with Crippen LogP contribution in [0.3, 0.4) is 0 Å². The van der Waals surface area contributed by atoms with Crippen LogP contribution in [-0.2, 0) is 9.53 Å². The van der Waals surface area contributed by atoms with Crippen LogP contribution >= 0.6 is 0 Å². The first-order chi connectivity index (χ1) is 9.83. The van der Waals surface area contributed by atoms with Crippen molar-refractivity contribution >= 4 is 12.0 Å². The monoisotopic (exact) mass is 299 g/mol. The maximum Gasteiger partial charge on any atom is 0.410 e. The van der Waals surface area contributed by atoms with E-state index < -0.39 is 5.60 Å². The molecule has 21 heavy (non-hydrogen) atoms. The Morgan fingerprint density at radius 1 is 1.24 bits per heavy atom. The van der Waals surface area contributed by atoms with Gasteiger partial charge in [-0.2, -0.15) is 0 Å². The van der Waals surface area contributed by atoms with Crippen LogP contribution in [0.1, 0.15) is 46.5 Å². The van der Waals surface area contributed by atoms with Crippen molar-refractivity contribution in [3.63, 3.8) is 0 Å². The normalized spacial score (nSPS) is 18.0. The van der Waals surface area contributed by atoms with Crippen LogP contribution in [0.25, 0.3) is 0 Å². The molecule has 0 unspecified atom stereocenters. The molecule has 0 aromatic heterocycles. The summed E-state index contributed by atoms with van der Waals surface area (Å²) in [5.74, 6) is 0.0962. The van der Waals surface area contributed by atoms with Crippen LogP contribution in [0.2, 0.25) is 0 Å². The Morgan fingerprint density at radius 2 is 1.90 bits per heavy atom. The highest BCUT2D eigenvalue weighted by Gasteiger charge is 2.24. The van der Waals surface area contributed by atoms with Gasteiger partial charge in [-0.15, -0.1) is 0 Å². The average Bonchev–Trinajstić information content (AvgIpc) is 2.46. The lowest BCUT2D eigenvalue weighted by Gasteiger charge is -2.27. The van der Waals surface area contributed by atoms with Gasteiger partial charge in [-0.1, -0.05) is 0 Å². The summed E-state index contributed by atoms with van der Waals surface area (Å²) in [5, 5.41) is 0. The Balaban J connectivity index is 2.57. The van der Waals surface area contributed by atoms with Crippen molar-refractivity contribution in [2.45, 2.75) is 52.1 Å². The summed E-state index contributed by atoms with van der Waals surface area (Å²) in [6.07, 6.45) is 2.62. The Hall–Kier alpha value is -1.30. The van der Waals surface area contributed by atoms with E-state index in [1.54, 1.807) is 4.90 Å². The van der Waals surface area contributed by atoms with Crippen molar-refractivity contribution in [1.82, 2.24) is 9.80 Å². The van der Waals surface area contributed by atoms with E-state index in [4.69, 9.17) is 10.5 Å². The van der Waals surface area contributed by atoms with E-state index in [0.29, 0.717) is 32.6 Å². The van der Waals surface area contributed by atoms with Crippen LogP contribution < -0.4 is 5.73 Å². The zero-order valence-corrected chi connectivity index (χ0v) is 13.6. The first kappa shape index (κ1) is 17.8. The number of ether oxygens (including phenoxy) is 1. The molecule has 0 aliphatic carbocycles. The number of nitrogens with two attached hydrogens (primary N) is 1. The van der Waals surface area contributed by atoms with Crippen molar-refractivity contribution in [3.8, 4) is 0 Å². The fraction of sp³-hybridized carbons (Fsp3) is 0.867. The zero-order valence-electron chi connectivity index (χ0n) is 13.6. The Kier molecular flexibility index (Phi) is 6.95. The smallest absolute Gasteiger partial charge is 0.410 e. The predicted molar refractivity (Wildman–Crippen MR) is 81.9 cm³/mol. The average molecular weight is 299 g/mol. The Morgan fingerprint density at radius 3 is 2.52 bits per heavy atom. The van der Waals surface area contributed by atoms with Crippen LogP contribution in [0.15, 0.2) is 0 Å². The molecule has 0 aromatic carbocycles. The van der Waals surface area contributed by atoms with Gasteiger partial charge in [0.05, 0.1) is 0 Å². The standard InChI is InChI=1S/C15H29N3O3/c1-15(2,3)21-14(20)18-10-5-4-9-17(11-6-8-16)13(19)7-12-18/h4-12,16H2,1-3H3. The highest BCUT2D eigenvalue weighted by molar-refractivity contribution is 5.77. The molecule has 6 nitrogen and oxygen atoms in total. The molecule has 0 saturated carbocycles. The summed E-state index contributed by atoms with van der Waals surface area (Å²) in [6.45, 7) is 8.67. The van der Waals surface area contributed by atoms with E-state index in [2.05, 4.69) is 0 Å². The molecule has 1 heterocycles. The summed E-state index contributed by atoms with van der Waals surface area (Å²) >= 11 is 0. The molecule has 0 bridgehead atoms. The molecule has 1 rings (SSSR count). The third-order valence-corrected chi connectivity index (χ3v) is 3.34. The van der Waals surface area contributed by atoms with Gasteiger partial charge in [0.1, 0.15) is 5.60 Å². The minimum Gasteiger partial charge on any atom is -0.444 e. The first-order valence-electron chi connectivity index (χ1n) is 7.79. The van der Waals surface area contributed by atoms with Crippen molar-refractivity contribution in [1.29, 1.82) is 0 Å². The summed E-state index contributed by atoms with van der Waals surface area (Å²) in [4.78, 5) is 27.8. The molecule has 122 valence electrons. The minimum atomic E-state index is -0.507. The van der Waals surface area contributed by atoms with Gasteiger partial charge in [-0.25, -0.2) is 4.79 Å². The second-order valence-electron chi connectivity index (χ2n) is 6.45. The molecule has 2 amide bonds. The van der Waals surface area contributed by atoms with E-state index >= 15 is 0 Å². The van der Waals surface area contributed by atoms with E-state index in [-0.39, 0.29) is 12.0 Å². The predicted octanol–water partition coefficient (Wildman–Crippen LogP) is 1.58. The number of carbonyl (C=O) groups excluding carboxylic acids is 2. The lowest BCUT2D eigenvalue weighted by atomic mass is 10.2. The van der Waals surface area contributed by atoms with Gasteiger partial charge >= 0.3 is 6.09 Å². The number of hydrogen-bond donors (Lipinski definition) is 1. The van der Waals surface area contributed by atoms with Gasteiger partial charge < -0.3 is 20.3 Å². The number of hydrogen-bond acceptors (Lipinski definition) is 4. The first-order valence-corrected chi connectivity index (χ1v) is 7.79. The number of nitrogens with zero attached hydrogens (tertiary/aromatic N) is 2. The van der Waals surface area contributed by atoms with Crippen molar-refractivity contribution in [2.75, 3.05) is 32.7 Å². The zero-order chi connectivity index (χ0) is 15.9. The maximum atomic E-state index is 12.2. The van der Waals surface area contributed by atoms with E-state index in [1.165, 1.54) is 0 Å². The summed E-state index contributed by atoms with van der Waals surface area (Å²) in [7, 11) is 0. The van der Waals surface area contributed by atoms with Crippen LogP contribution in [-0.4, -0.2) is 60.1 Å². The van der Waals surface area contributed by atoms with Crippen molar-refractivity contribution < 1.29 is 14.3 Å². The number of rotatable bonds is 3. The molecule has 1 saturated heterocycles. The fourth-order valence-electron chi connectivity index (χ4n) is 2.26. The molecule has 0 radical (unpaired) electrons. The fourth-order valence-corrected chi connectivity index (χ4v) is 2.26. The van der Waals surface area contributed by atoms with Crippen LogP contribution in [0, 0.1) is 0 Å². The third kappa shape index (κ3) is 6.80. The van der Waals surface area contributed by atoms with Crippen molar-refractivity contribution in [3.05, 3.63) is 0 Å². The minimum absolute atomic E-state index is 0.0962. The van der Waals surface area contributed by atoms with Gasteiger partial charge in [0, 0.05) is 32.6 Å². The molecule has 0 aromatic rings. The molecular weight excluding hydrogens is 270 g/mol. The molecular formula is C15H29N3O3. The Bertz CT molecular complexity index is 353. The third-order valence-electron chi connectivity index (χ3n) is 3.34. The van der Waals surface area contributed by atoms with Gasteiger partial charge in [-0.3, -0.25) is 4.79 Å². The largest absolute Gasteiger partial charge is 0.444 e. The van der Waals surface area contributed by atoms with E-state index in [1.807, 2.05) is 25.7 Å². The van der Waals surface area contributed by atoms with Crippen LogP contribution in [0.5, 0.6) is 0 Å². The SMILES string of the molecule is CC(C)(C)OC(=O)N1CCCCN(CCCN)C(=O)CC1. The van der Waals surface area contributed by atoms with Gasteiger partial charge in [0.15, 0.2) is 0 Å². The summed E-state index contributed by atoms with van der Waals surface area (Å²) < 4.78 is 5.39. The molecule has 2 N–H and O–H groups in total. The second-order valence-corrected chi connectivity index (χ2v) is 6.45. The molecule has 0 atom stereocenters. The lowest BCUT2D eigenvalue weighted by molar-refractivity contribution is -0.131. The second kappa shape index (κ2) is 8.22. The maximum absolute atomic E-state index is 12.2. The summed E-state index contributed by atoms with van der Waals surface area (Å²) in [5.41, 5.74) is 5.00. The van der Waals surface area contributed by atoms with Gasteiger partial charge in [-0.05, 0) is 46.6 Å². The van der Waals surface area contributed by atoms with E-state index in [9.17, 15) is 9.59 Å². The lowest BCUT2D eigenvalue weighted by Crippen LogP contribution is -2.39. The summed E-state index contributed by atoms with van der Waals surface area (Å²) in [6, 6.07) is 0. The number of amides is 2. The number of carbonyl (C=O) groups is 2. The van der Waals surface area contributed by atoms with Crippen molar-refractivity contribution in [2.24, 2.45) is 5.73 Å². The Labute approximate surface area is 127 Å². The van der Waals surface area contributed by atoms with Gasteiger partial charge in [0.2, 0.25) is 5.91 Å².